The number of allylic oxidation sites excluding steroid dienone is 2. The van der Waals surface area contributed by atoms with Crippen LogP contribution in [0, 0.1) is 11.8 Å². The third kappa shape index (κ3) is 5.97. The number of benzene rings is 1. The van der Waals surface area contributed by atoms with Crippen molar-refractivity contribution < 1.29 is 19.4 Å². The molecule has 1 aliphatic carbocycles. The number of ether oxygens (including phenoxy) is 2. The quantitative estimate of drug-likeness (QED) is 0.672. The molecule has 2 aliphatic rings. The van der Waals surface area contributed by atoms with Crippen LogP contribution in [0.3, 0.4) is 0 Å². The number of nitrogens with zero attached hydrogens (tertiary/aromatic N) is 1. The van der Waals surface area contributed by atoms with Gasteiger partial charge >= 0.3 is 0 Å². The van der Waals surface area contributed by atoms with Crippen molar-refractivity contribution in [2.45, 2.75) is 25.9 Å². The van der Waals surface area contributed by atoms with Crippen LogP contribution in [0.4, 0.5) is 0 Å². The molecule has 1 aromatic carbocycles. The molecule has 1 heterocycles. The van der Waals surface area contributed by atoms with Crippen LogP contribution < -0.4 is 10.1 Å². The number of methoxy groups -OCH3 is 1. The van der Waals surface area contributed by atoms with E-state index in [1.807, 2.05) is 12.2 Å². The van der Waals surface area contributed by atoms with Crippen molar-refractivity contribution in [2.24, 2.45) is 11.8 Å². The molecule has 1 saturated heterocycles. The van der Waals surface area contributed by atoms with E-state index in [-0.39, 0.29) is 23.7 Å². The van der Waals surface area contributed by atoms with E-state index >= 15 is 0 Å². The lowest BCUT2D eigenvalue weighted by molar-refractivity contribution is -0.116. The maximum Gasteiger partial charge on any atom is 0.248 e. The second-order valence-electron chi connectivity index (χ2n) is 8.12. The van der Waals surface area contributed by atoms with Crippen LogP contribution in [-0.2, 0) is 9.53 Å². The van der Waals surface area contributed by atoms with Crippen LogP contribution >= 0.6 is 0 Å². The van der Waals surface area contributed by atoms with Crippen molar-refractivity contribution in [3.05, 3.63) is 53.8 Å². The minimum absolute atomic E-state index is 0.0398. The van der Waals surface area contributed by atoms with Gasteiger partial charge in [-0.05, 0) is 62.2 Å². The van der Waals surface area contributed by atoms with Gasteiger partial charge in [-0.1, -0.05) is 25.1 Å². The second-order valence-corrected chi connectivity index (χ2v) is 8.12. The molecular formula is C24H32N2O4. The number of hydrogen-bond donors (Lipinski definition) is 2. The molecule has 1 amide bonds. The number of rotatable bonds is 7. The van der Waals surface area contributed by atoms with Gasteiger partial charge in [0.1, 0.15) is 0 Å². The summed E-state index contributed by atoms with van der Waals surface area (Å²) in [6, 6.07) is 5.00. The standard InChI is InChI=1S/C24H32N2O4/c1-17-20(7-4-8-22(17)30-16-19-6-5-13-26(2)15-19)25-24(28)12-10-18-9-11-23(29-3)21(27)14-18/h4,7-12,14,17,19,22,27H,5-6,13,15-16H2,1-3H3,(H,25,28). The van der Waals surface area contributed by atoms with Crippen LogP contribution in [0.15, 0.2) is 48.2 Å². The van der Waals surface area contributed by atoms with E-state index in [1.54, 1.807) is 24.3 Å². The summed E-state index contributed by atoms with van der Waals surface area (Å²) in [5, 5.41) is 12.8. The number of aromatic hydroxyl groups is 1. The molecule has 1 fully saturated rings. The molecule has 6 nitrogen and oxygen atoms in total. The van der Waals surface area contributed by atoms with E-state index in [0.717, 1.165) is 18.8 Å². The first-order chi connectivity index (χ1) is 14.5. The average Bonchev–Trinajstić information content (AvgIpc) is 2.73. The van der Waals surface area contributed by atoms with Gasteiger partial charge < -0.3 is 24.8 Å². The van der Waals surface area contributed by atoms with Crippen molar-refractivity contribution in [1.29, 1.82) is 0 Å². The lowest BCUT2D eigenvalue weighted by atomic mass is 9.94. The number of carbonyl (C=O) groups excluding carboxylic acids is 1. The first-order valence-corrected chi connectivity index (χ1v) is 10.5. The Hall–Kier alpha value is -2.57. The Bertz CT molecular complexity index is 830. The highest BCUT2D eigenvalue weighted by molar-refractivity contribution is 5.93. The number of hydrogen-bond acceptors (Lipinski definition) is 5. The third-order valence-corrected chi connectivity index (χ3v) is 5.70. The van der Waals surface area contributed by atoms with Gasteiger partial charge in [0.15, 0.2) is 11.5 Å². The molecule has 6 heteroatoms. The van der Waals surface area contributed by atoms with Gasteiger partial charge in [0.05, 0.1) is 19.8 Å². The number of nitrogens with one attached hydrogen (secondary N) is 1. The molecule has 30 heavy (non-hydrogen) atoms. The molecule has 0 aromatic heterocycles. The zero-order valence-electron chi connectivity index (χ0n) is 18.0. The summed E-state index contributed by atoms with van der Waals surface area (Å²) < 4.78 is 11.2. The first-order valence-electron chi connectivity index (χ1n) is 10.5. The topological polar surface area (TPSA) is 71.0 Å². The Morgan fingerprint density at radius 3 is 2.97 bits per heavy atom. The minimum Gasteiger partial charge on any atom is -0.504 e. The smallest absolute Gasteiger partial charge is 0.248 e. The maximum absolute atomic E-state index is 12.4. The number of piperidine rings is 1. The molecule has 0 radical (unpaired) electrons. The van der Waals surface area contributed by atoms with Gasteiger partial charge in [0.25, 0.3) is 0 Å². The summed E-state index contributed by atoms with van der Waals surface area (Å²) in [5.74, 6) is 0.857. The van der Waals surface area contributed by atoms with Crippen molar-refractivity contribution in [2.75, 3.05) is 33.9 Å². The Labute approximate surface area is 178 Å². The van der Waals surface area contributed by atoms with Crippen LogP contribution in [-0.4, -0.2) is 55.9 Å². The third-order valence-electron chi connectivity index (χ3n) is 5.70. The van der Waals surface area contributed by atoms with Crippen LogP contribution in [0.25, 0.3) is 6.08 Å². The van der Waals surface area contributed by atoms with Crippen LogP contribution in [0.1, 0.15) is 25.3 Å². The Morgan fingerprint density at radius 2 is 2.23 bits per heavy atom. The summed E-state index contributed by atoms with van der Waals surface area (Å²) in [6.45, 7) is 5.05. The number of carbonyl (C=O) groups is 1. The molecular weight excluding hydrogens is 380 g/mol. The van der Waals surface area contributed by atoms with Gasteiger partial charge in [0.2, 0.25) is 5.91 Å². The summed E-state index contributed by atoms with van der Waals surface area (Å²) >= 11 is 0. The second kappa shape index (κ2) is 10.5. The minimum atomic E-state index is -0.216. The van der Waals surface area contributed by atoms with Gasteiger partial charge in [-0.3, -0.25) is 4.79 Å². The average molecular weight is 413 g/mol. The molecule has 3 unspecified atom stereocenters. The summed E-state index contributed by atoms with van der Waals surface area (Å²) in [6.07, 6.45) is 11.4. The van der Waals surface area contributed by atoms with Crippen molar-refractivity contribution >= 4 is 12.0 Å². The highest BCUT2D eigenvalue weighted by Gasteiger charge is 2.25. The van der Waals surface area contributed by atoms with E-state index < -0.39 is 0 Å². The molecule has 0 saturated carbocycles. The lowest BCUT2D eigenvalue weighted by Gasteiger charge is -2.32. The van der Waals surface area contributed by atoms with Gasteiger partial charge in [0, 0.05) is 24.2 Å². The summed E-state index contributed by atoms with van der Waals surface area (Å²) in [5.41, 5.74) is 1.56. The van der Waals surface area contributed by atoms with E-state index in [4.69, 9.17) is 9.47 Å². The van der Waals surface area contributed by atoms with E-state index in [2.05, 4.69) is 30.3 Å². The van der Waals surface area contributed by atoms with Crippen molar-refractivity contribution in [3.8, 4) is 11.5 Å². The fourth-order valence-corrected chi connectivity index (χ4v) is 3.94. The number of likely N-dealkylation sites (tertiary alicyclic amines) is 1. The normalized spacial score (nSPS) is 24.6. The maximum atomic E-state index is 12.4. The van der Waals surface area contributed by atoms with Crippen molar-refractivity contribution in [1.82, 2.24) is 10.2 Å². The molecule has 3 atom stereocenters. The first kappa shape index (κ1) is 22.1. The highest BCUT2D eigenvalue weighted by atomic mass is 16.5. The van der Waals surface area contributed by atoms with Gasteiger partial charge in [-0.2, -0.15) is 0 Å². The summed E-state index contributed by atoms with van der Waals surface area (Å²) in [7, 11) is 3.66. The predicted octanol–water partition coefficient (Wildman–Crippen LogP) is 3.35. The van der Waals surface area contributed by atoms with Gasteiger partial charge in [-0.15, -0.1) is 0 Å². The molecule has 2 N–H and O–H groups in total. The zero-order chi connectivity index (χ0) is 21.5. The van der Waals surface area contributed by atoms with E-state index in [1.165, 1.54) is 32.6 Å². The number of phenolic OH excluding ortho intramolecular Hbond substituents is 1. The Balaban J connectivity index is 1.51. The predicted molar refractivity (Wildman–Crippen MR) is 118 cm³/mol. The van der Waals surface area contributed by atoms with Gasteiger partial charge in [-0.25, -0.2) is 0 Å². The fraction of sp³-hybridized carbons (Fsp3) is 0.458. The zero-order valence-corrected chi connectivity index (χ0v) is 18.0. The SMILES string of the molecule is COc1ccc(C=CC(=O)NC2=CC=CC(OCC3CCCN(C)C3)C2C)cc1O. The Morgan fingerprint density at radius 1 is 1.40 bits per heavy atom. The molecule has 0 bridgehead atoms. The van der Waals surface area contributed by atoms with E-state index in [9.17, 15) is 9.90 Å². The molecule has 1 aromatic rings. The van der Waals surface area contributed by atoms with Crippen molar-refractivity contribution in [3.63, 3.8) is 0 Å². The molecule has 1 aliphatic heterocycles. The lowest BCUT2D eigenvalue weighted by Crippen LogP contribution is -2.37. The molecule has 3 rings (SSSR count). The monoisotopic (exact) mass is 412 g/mol. The number of phenols is 1. The van der Waals surface area contributed by atoms with Crippen LogP contribution in [0.5, 0.6) is 11.5 Å². The largest absolute Gasteiger partial charge is 0.504 e. The molecule has 0 spiro atoms. The number of amides is 1. The highest BCUT2D eigenvalue weighted by Crippen LogP contribution is 2.27. The van der Waals surface area contributed by atoms with Crippen LogP contribution in [0.2, 0.25) is 0 Å². The fourth-order valence-electron chi connectivity index (χ4n) is 3.94. The molecule has 162 valence electrons. The van der Waals surface area contributed by atoms with E-state index in [0.29, 0.717) is 17.2 Å². The Kier molecular flexibility index (Phi) is 7.71. The summed E-state index contributed by atoms with van der Waals surface area (Å²) in [4.78, 5) is 14.7.